The van der Waals surface area contributed by atoms with Crippen LogP contribution in [0, 0.1) is 5.41 Å². The summed E-state index contributed by atoms with van der Waals surface area (Å²) >= 11 is 0. The molecule has 0 aliphatic carbocycles. The summed E-state index contributed by atoms with van der Waals surface area (Å²) < 4.78 is 0. The first-order valence-electron chi connectivity index (χ1n) is 8.20. The Labute approximate surface area is 114 Å². The molecule has 2 aliphatic rings. The van der Waals surface area contributed by atoms with Gasteiger partial charge in [-0.25, -0.2) is 0 Å². The molecule has 0 amide bonds. The van der Waals surface area contributed by atoms with Crippen molar-refractivity contribution in [1.82, 2.24) is 10.2 Å². The van der Waals surface area contributed by atoms with E-state index in [1.54, 1.807) is 0 Å². The van der Waals surface area contributed by atoms with E-state index in [9.17, 15) is 0 Å². The summed E-state index contributed by atoms with van der Waals surface area (Å²) in [5.74, 6) is 0. The molecule has 2 unspecified atom stereocenters. The van der Waals surface area contributed by atoms with E-state index in [1.807, 2.05) is 0 Å². The lowest BCUT2D eigenvalue weighted by Gasteiger charge is -2.43. The molecule has 2 fully saturated rings. The van der Waals surface area contributed by atoms with Crippen LogP contribution in [0.5, 0.6) is 0 Å². The van der Waals surface area contributed by atoms with E-state index >= 15 is 0 Å². The number of nitrogens with one attached hydrogen (secondary N) is 1. The largest absolute Gasteiger partial charge is 0.316 e. The predicted molar refractivity (Wildman–Crippen MR) is 78.9 cm³/mol. The molecule has 2 aliphatic heterocycles. The molecule has 2 rings (SSSR count). The third-order valence-corrected chi connectivity index (χ3v) is 5.07. The zero-order chi connectivity index (χ0) is 12.8. The first kappa shape index (κ1) is 14.3. The maximum atomic E-state index is 3.65. The van der Waals surface area contributed by atoms with Gasteiger partial charge in [0.1, 0.15) is 0 Å². The smallest absolute Gasteiger partial charge is 0.00671 e. The van der Waals surface area contributed by atoms with E-state index in [0.717, 1.165) is 6.04 Å². The van der Waals surface area contributed by atoms with Crippen molar-refractivity contribution in [2.75, 3.05) is 26.2 Å². The van der Waals surface area contributed by atoms with Crippen molar-refractivity contribution in [2.24, 2.45) is 5.41 Å². The Kier molecular flexibility index (Phi) is 5.50. The number of likely N-dealkylation sites (tertiary alicyclic amines) is 1. The quantitative estimate of drug-likeness (QED) is 0.825. The summed E-state index contributed by atoms with van der Waals surface area (Å²) in [6, 6.07) is 0.808. The fourth-order valence-corrected chi connectivity index (χ4v) is 3.99. The Morgan fingerprint density at radius 1 is 1.22 bits per heavy atom. The summed E-state index contributed by atoms with van der Waals surface area (Å²) in [7, 11) is 0. The van der Waals surface area contributed by atoms with Gasteiger partial charge < -0.3 is 10.2 Å². The number of piperidine rings is 1. The SMILES string of the molecule is CCCC1(CN2CCCCCC2C)CCCNC1. The van der Waals surface area contributed by atoms with Crippen LogP contribution in [0.15, 0.2) is 0 Å². The van der Waals surface area contributed by atoms with Crippen LogP contribution in [0.4, 0.5) is 0 Å². The molecule has 2 atom stereocenters. The van der Waals surface area contributed by atoms with E-state index in [-0.39, 0.29) is 0 Å². The molecule has 0 radical (unpaired) electrons. The van der Waals surface area contributed by atoms with Crippen LogP contribution in [-0.4, -0.2) is 37.1 Å². The van der Waals surface area contributed by atoms with E-state index in [4.69, 9.17) is 0 Å². The molecule has 0 aromatic heterocycles. The van der Waals surface area contributed by atoms with Crippen LogP contribution in [0.25, 0.3) is 0 Å². The molecule has 106 valence electrons. The molecule has 0 spiro atoms. The van der Waals surface area contributed by atoms with Gasteiger partial charge in [0.2, 0.25) is 0 Å². The van der Waals surface area contributed by atoms with Gasteiger partial charge in [-0.3, -0.25) is 0 Å². The van der Waals surface area contributed by atoms with Crippen molar-refractivity contribution in [3.8, 4) is 0 Å². The van der Waals surface area contributed by atoms with Crippen molar-refractivity contribution in [3.63, 3.8) is 0 Å². The van der Waals surface area contributed by atoms with Crippen LogP contribution in [0.2, 0.25) is 0 Å². The van der Waals surface area contributed by atoms with Crippen LogP contribution in [0.1, 0.15) is 65.2 Å². The summed E-state index contributed by atoms with van der Waals surface area (Å²) in [5.41, 5.74) is 0.575. The first-order valence-corrected chi connectivity index (χ1v) is 8.20. The summed E-state index contributed by atoms with van der Waals surface area (Å²) in [4.78, 5) is 2.80. The summed E-state index contributed by atoms with van der Waals surface area (Å²) in [6.07, 6.45) is 11.3. The maximum Gasteiger partial charge on any atom is 0.00671 e. The Morgan fingerprint density at radius 3 is 2.83 bits per heavy atom. The third-order valence-electron chi connectivity index (χ3n) is 5.07. The van der Waals surface area contributed by atoms with Crippen LogP contribution >= 0.6 is 0 Å². The van der Waals surface area contributed by atoms with Crippen LogP contribution in [0.3, 0.4) is 0 Å². The Bertz CT molecular complexity index is 228. The highest BCUT2D eigenvalue weighted by atomic mass is 15.2. The average Bonchev–Trinajstić information content (AvgIpc) is 2.56. The molecule has 2 heterocycles. The summed E-state index contributed by atoms with van der Waals surface area (Å²) in [5, 5.41) is 3.65. The van der Waals surface area contributed by atoms with Gasteiger partial charge in [0.25, 0.3) is 0 Å². The normalized spacial score (nSPS) is 35.3. The standard InChI is InChI=1S/C16H32N2/c1-3-9-16(10-7-11-17-13-16)14-18-12-6-4-5-8-15(18)2/h15,17H,3-14H2,1-2H3. The molecule has 18 heavy (non-hydrogen) atoms. The van der Waals surface area contributed by atoms with Gasteiger partial charge in [-0.05, 0) is 57.5 Å². The van der Waals surface area contributed by atoms with Crippen molar-refractivity contribution in [3.05, 3.63) is 0 Å². The van der Waals surface area contributed by atoms with Gasteiger partial charge in [0, 0.05) is 19.1 Å². The molecule has 0 bridgehead atoms. The van der Waals surface area contributed by atoms with Crippen molar-refractivity contribution in [1.29, 1.82) is 0 Å². The third kappa shape index (κ3) is 3.71. The van der Waals surface area contributed by atoms with Crippen LogP contribution < -0.4 is 5.32 Å². The molecule has 2 nitrogen and oxygen atoms in total. The fourth-order valence-electron chi connectivity index (χ4n) is 3.99. The lowest BCUT2D eigenvalue weighted by Crippen LogP contribution is -2.49. The van der Waals surface area contributed by atoms with Crippen molar-refractivity contribution >= 4 is 0 Å². The number of hydrogen-bond acceptors (Lipinski definition) is 2. The van der Waals surface area contributed by atoms with Gasteiger partial charge >= 0.3 is 0 Å². The zero-order valence-corrected chi connectivity index (χ0v) is 12.5. The van der Waals surface area contributed by atoms with Gasteiger partial charge in [-0.15, -0.1) is 0 Å². The highest BCUT2D eigenvalue weighted by Crippen LogP contribution is 2.34. The second-order valence-corrected chi connectivity index (χ2v) is 6.70. The minimum absolute atomic E-state index is 0.575. The molecule has 1 N–H and O–H groups in total. The molecule has 2 saturated heterocycles. The van der Waals surface area contributed by atoms with E-state index in [2.05, 4.69) is 24.1 Å². The second-order valence-electron chi connectivity index (χ2n) is 6.70. The topological polar surface area (TPSA) is 15.3 Å². The highest BCUT2D eigenvalue weighted by Gasteiger charge is 2.34. The second kappa shape index (κ2) is 6.91. The Morgan fingerprint density at radius 2 is 2.11 bits per heavy atom. The zero-order valence-electron chi connectivity index (χ0n) is 12.5. The van der Waals surface area contributed by atoms with Crippen molar-refractivity contribution < 1.29 is 0 Å². The lowest BCUT2D eigenvalue weighted by atomic mass is 9.76. The Hall–Kier alpha value is -0.0800. The van der Waals surface area contributed by atoms with Gasteiger partial charge in [-0.2, -0.15) is 0 Å². The fraction of sp³-hybridized carbons (Fsp3) is 1.00. The van der Waals surface area contributed by atoms with Gasteiger partial charge in [0.15, 0.2) is 0 Å². The molecular formula is C16H32N2. The molecule has 0 aromatic carbocycles. The summed E-state index contributed by atoms with van der Waals surface area (Å²) in [6.45, 7) is 9.97. The lowest BCUT2D eigenvalue weighted by molar-refractivity contribution is 0.0837. The molecule has 0 aromatic rings. The number of nitrogens with zero attached hydrogens (tertiary/aromatic N) is 1. The molecule has 2 heteroatoms. The van der Waals surface area contributed by atoms with E-state index < -0.39 is 0 Å². The Balaban J connectivity index is 1.97. The number of hydrogen-bond donors (Lipinski definition) is 1. The predicted octanol–water partition coefficient (Wildman–Crippen LogP) is 3.42. The molecule has 0 saturated carbocycles. The monoisotopic (exact) mass is 252 g/mol. The maximum absolute atomic E-state index is 3.65. The van der Waals surface area contributed by atoms with E-state index in [1.165, 1.54) is 77.5 Å². The van der Waals surface area contributed by atoms with Crippen LogP contribution in [-0.2, 0) is 0 Å². The number of rotatable bonds is 4. The minimum Gasteiger partial charge on any atom is -0.316 e. The van der Waals surface area contributed by atoms with Gasteiger partial charge in [-0.1, -0.05) is 26.2 Å². The van der Waals surface area contributed by atoms with Crippen molar-refractivity contribution in [2.45, 2.75) is 71.3 Å². The average molecular weight is 252 g/mol. The minimum atomic E-state index is 0.575. The van der Waals surface area contributed by atoms with E-state index in [0.29, 0.717) is 5.41 Å². The highest BCUT2D eigenvalue weighted by molar-refractivity contribution is 4.89. The van der Waals surface area contributed by atoms with Gasteiger partial charge in [0.05, 0.1) is 0 Å². The first-order chi connectivity index (χ1) is 8.76. The molecular weight excluding hydrogens is 220 g/mol.